The normalized spacial score (nSPS) is 10.7. The molecule has 0 aliphatic heterocycles. The van der Waals surface area contributed by atoms with E-state index in [9.17, 15) is 0 Å². The van der Waals surface area contributed by atoms with Gasteiger partial charge in [0.05, 0.1) is 19.0 Å². The molecule has 0 bridgehead atoms. The van der Waals surface area contributed by atoms with Crippen LogP contribution in [-0.4, -0.2) is 42.6 Å². The Labute approximate surface area is 90.3 Å². The third kappa shape index (κ3) is 3.45. The van der Waals surface area contributed by atoms with Crippen LogP contribution in [0.5, 0.6) is 5.88 Å². The van der Waals surface area contributed by atoms with Crippen LogP contribution >= 0.6 is 0 Å². The van der Waals surface area contributed by atoms with E-state index < -0.39 is 0 Å². The molecular weight excluding hydrogens is 192 g/mol. The van der Waals surface area contributed by atoms with Crippen LogP contribution in [0.25, 0.3) is 0 Å². The largest absolute Gasteiger partial charge is 0.480 e. The summed E-state index contributed by atoms with van der Waals surface area (Å²) in [6.07, 6.45) is 2.47. The standard InChI is InChI=1S/C10H18N4O/c1-14(2)5-4-9-10(15-3)12-7-8(6-11)13-9/h7H,4-6,11H2,1-3H3. The van der Waals surface area contributed by atoms with Crippen molar-refractivity contribution >= 4 is 0 Å². The summed E-state index contributed by atoms with van der Waals surface area (Å²) < 4.78 is 5.14. The van der Waals surface area contributed by atoms with Gasteiger partial charge >= 0.3 is 0 Å². The lowest BCUT2D eigenvalue weighted by atomic mass is 10.3. The number of nitrogens with zero attached hydrogens (tertiary/aromatic N) is 3. The predicted molar refractivity (Wildman–Crippen MR) is 58.7 cm³/mol. The molecule has 0 aromatic carbocycles. The van der Waals surface area contributed by atoms with Gasteiger partial charge in [0.1, 0.15) is 5.69 Å². The summed E-state index contributed by atoms with van der Waals surface area (Å²) in [6, 6.07) is 0. The van der Waals surface area contributed by atoms with Gasteiger partial charge in [-0.15, -0.1) is 0 Å². The van der Waals surface area contributed by atoms with Crippen molar-refractivity contribution in [2.75, 3.05) is 27.7 Å². The monoisotopic (exact) mass is 210 g/mol. The molecule has 0 atom stereocenters. The van der Waals surface area contributed by atoms with Gasteiger partial charge in [-0.2, -0.15) is 0 Å². The van der Waals surface area contributed by atoms with E-state index in [1.54, 1.807) is 13.3 Å². The molecule has 0 aliphatic carbocycles. The van der Waals surface area contributed by atoms with Crippen molar-refractivity contribution < 1.29 is 4.74 Å². The molecule has 84 valence electrons. The van der Waals surface area contributed by atoms with Crippen LogP contribution in [0, 0.1) is 0 Å². The summed E-state index contributed by atoms with van der Waals surface area (Å²) in [7, 11) is 5.64. The summed E-state index contributed by atoms with van der Waals surface area (Å²) in [4.78, 5) is 10.7. The molecule has 0 saturated carbocycles. The smallest absolute Gasteiger partial charge is 0.235 e. The van der Waals surface area contributed by atoms with Crippen LogP contribution < -0.4 is 10.5 Å². The van der Waals surface area contributed by atoms with E-state index in [1.807, 2.05) is 14.1 Å². The number of methoxy groups -OCH3 is 1. The van der Waals surface area contributed by atoms with Crippen molar-refractivity contribution in [3.63, 3.8) is 0 Å². The second-order valence-corrected chi connectivity index (χ2v) is 3.57. The van der Waals surface area contributed by atoms with Gasteiger partial charge in [-0.25, -0.2) is 9.97 Å². The van der Waals surface area contributed by atoms with Crippen LogP contribution in [0.1, 0.15) is 11.4 Å². The Hall–Kier alpha value is -1.20. The van der Waals surface area contributed by atoms with Gasteiger partial charge in [0.2, 0.25) is 5.88 Å². The van der Waals surface area contributed by atoms with Crippen molar-refractivity contribution in [3.8, 4) is 5.88 Å². The molecule has 2 N–H and O–H groups in total. The second-order valence-electron chi connectivity index (χ2n) is 3.57. The van der Waals surface area contributed by atoms with Crippen LogP contribution in [0.4, 0.5) is 0 Å². The zero-order valence-corrected chi connectivity index (χ0v) is 9.53. The molecule has 5 heteroatoms. The Morgan fingerprint density at radius 2 is 2.20 bits per heavy atom. The highest BCUT2D eigenvalue weighted by Gasteiger charge is 2.07. The maximum absolute atomic E-state index is 5.51. The van der Waals surface area contributed by atoms with E-state index in [0.29, 0.717) is 12.4 Å². The van der Waals surface area contributed by atoms with E-state index in [2.05, 4.69) is 14.9 Å². The molecule has 0 saturated heterocycles. The van der Waals surface area contributed by atoms with Gasteiger partial charge in [0.15, 0.2) is 0 Å². The quantitative estimate of drug-likeness (QED) is 0.744. The number of ether oxygens (including phenoxy) is 1. The highest BCUT2D eigenvalue weighted by Crippen LogP contribution is 2.13. The first kappa shape index (κ1) is 11.9. The van der Waals surface area contributed by atoms with Crippen molar-refractivity contribution in [1.82, 2.24) is 14.9 Å². The average molecular weight is 210 g/mol. The molecule has 1 rings (SSSR count). The Kier molecular flexibility index (Phi) is 4.45. The number of hydrogen-bond donors (Lipinski definition) is 1. The summed E-state index contributed by atoms with van der Waals surface area (Å²) >= 11 is 0. The summed E-state index contributed by atoms with van der Waals surface area (Å²) in [5.74, 6) is 0.592. The molecule has 0 fully saturated rings. The lowest BCUT2D eigenvalue weighted by molar-refractivity contribution is 0.375. The molecule has 1 heterocycles. The third-order valence-electron chi connectivity index (χ3n) is 2.05. The first-order valence-electron chi connectivity index (χ1n) is 4.91. The minimum Gasteiger partial charge on any atom is -0.480 e. The number of likely N-dealkylation sites (N-methyl/N-ethyl adjacent to an activating group) is 1. The molecule has 0 amide bonds. The maximum atomic E-state index is 5.51. The number of rotatable bonds is 5. The first-order chi connectivity index (χ1) is 7.17. The van der Waals surface area contributed by atoms with Gasteiger partial charge in [-0.3, -0.25) is 0 Å². The minimum absolute atomic E-state index is 0.409. The lowest BCUT2D eigenvalue weighted by Gasteiger charge is -2.11. The van der Waals surface area contributed by atoms with Gasteiger partial charge < -0.3 is 15.4 Å². The summed E-state index contributed by atoms with van der Waals surface area (Å²) in [5, 5.41) is 0. The molecular formula is C10H18N4O. The zero-order valence-electron chi connectivity index (χ0n) is 9.53. The maximum Gasteiger partial charge on any atom is 0.235 e. The second kappa shape index (κ2) is 5.63. The van der Waals surface area contributed by atoms with E-state index >= 15 is 0 Å². The van der Waals surface area contributed by atoms with Crippen molar-refractivity contribution in [2.45, 2.75) is 13.0 Å². The van der Waals surface area contributed by atoms with Crippen molar-refractivity contribution in [3.05, 3.63) is 17.6 Å². The summed E-state index contributed by atoms with van der Waals surface area (Å²) in [5.41, 5.74) is 7.18. The van der Waals surface area contributed by atoms with E-state index in [4.69, 9.17) is 10.5 Å². The van der Waals surface area contributed by atoms with E-state index in [-0.39, 0.29) is 0 Å². The van der Waals surface area contributed by atoms with Gasteiger partial charge in [-0.05, 0) is 14.1 Å². The average Bonchev–Trinajstić information content (AvgIpc) is 2.25. The summed E-state index contributed by atoms with van der Waals surface area (Å²) in [6.45, 7) is 1.32. The molecule has 1 aromatic heterocycles. The molecule has 0 aliphatic rings. The minimum atomic E-state index is 0.409. The SMILES string of the molecule is COc1ncc(CN)nc1CCN(C)C. The van der Waals surface area contributed by atoms with Crippen molar-refractivity contribution in [2.24, 2.45) is 5.73 Å². The molecule has 5 nitrogen and oxygen atoms in total. The predicted octanol–water partition coefficient (Wildman–Crippen LogP) is 0.0480. The Bertz CT molecular complexity index is 314. The van der Waals surface area contributed by atoms with Gasteiger partial charge in [-0.1, -0.05) is 0 Å². The molecule has 15 heavy (non-hydrogen) atoms. The van der Waals surface area contributed by atoms with Crippen LogP contribution in [0.15, 0.2) is 6.20 Å². The van der Waals surface area contributed by atoms with E-state index in [0.717, 1.165) is 24.4 Å². The molecule has 1 aromatic rings. The third-order valence-corrected chi connectivity index (χ3v) is 2.05. The zero-order chi connectivity index (χ0) is 11.3. The highest BCUT2D eigenvalue weighted by molar-refractivity contribution is 5.20. The van der Waals surface area contributed by atoms with Crippen LogP contribution in [0.3, 0.4) is 0 Å². The van der Waals surface area contributed by atoms with Gasteiger partial charge in [0, 0.05) is 19.5 Å². The van der Waals surface area contributed by atoms with Crippen molar-refractivity contribution in [1.29, 1.82) is 0 Å². The van der Waals surface area contributed by atoms with Gasteiger partial charge in [0.25, 0.3) is 0 Å². The van der Waals surface area contributed by atoms with Crippen LogP contribution in [-0.2, 0) is 13.0 Å². The van der Waals surface area contributed by atoms with Crippen LogP contribution in [0.2, 0.25) is 0 Å². The molecule has 0 radical (unpaired) electrons. The number of hydrogen-bond acceptors (Lipinski definition) is 5. The number of aromatic nitrogens is 2. The Morgan fingerprint density at radius 1 is 1.47 bits per heavy atom. The highest BCUT2D eigenvalue weighted by atomic mass is 16.5. The Balaban J connectivity index is 2.81. The molecule has 0 unspecified atom stereocenters. The fourth-order valence-electron chi connectivity index (χ4n) is 1.22. The molecule has 0 spiro atoms. The fraction of sp³-hybridized carbons (Fsp3) is 0.600. The first-order valence-corrected chi connectivity index (χ1v) is 4.91. The Morgan fingerprint density at radius 3 is 2.73 bits per heavy atom. The number of nitrogens with two attached hydrogens (primary N) is 1. The fourth-order valence-corrected chi connectivity index (χ4v) is 1.22. The van der Waals surface area contributed by atoms with E-state index in [1.165, 1.54) is 0 Å². The lowest BCUT2D eigenvalue weighted by Crippen LogP contribution is -2.17. The topological polar surface area (TPSA) is 64.3 Å².